The Morgan fingerprint density at radius 1 is 1.50 bits per heavy atom. The highest BCUT2D eigenvalue weighted by Crippen LogP contribution is 2.19. The van der Waals surface area contributed by atoms with E-state index in [0.717, 1.165) is 18.0 Å². The Kier molecular flexibility index (Phi) is 6.48. The molecule has 1 aromatic rings. The molecule has 2 unspecified atom stereocenters. The summed E-state index contributed by atoms with van der Waals surface area (Å²) >= 11 is 0. The molecule has 0 saturated carbocycles. The summed E-state index contributed by atoms with van der Waals surface area (Å²) in [5.74, 6) is 1.48. The number of methoxy groups -OCH3 is 1. The van der Waals surface area contributed by atoms with E-state index in [0.29, 0.717) is 26.2 Å². The summed E-state index contributed by atoms with van der Waals surface area (Å²) in [6, 6.07) is 7.52. The maximum atomic E-state index is 11.9. The van der Waals surface area contributed by atoms with Gasteiger partial charge in [-0.25, -0.2) is 0 Å². The molecule has 1 aliphatic rings. The molecule has 1 saturated heterocycles. The Morgan fingerprint density at radius 3 is 3.05 bits per heavy atom. The lowest BCUT2D eigenvalue weighted by molar-refractivity contribution is -0.122. The van der Waals surface area contributed by atoms with Gasteiger partial charge in [0.2, 0.25) is 5.91 Å². The molecule has 2 rings (SSSR count). The third-order valence-electron chi connectivity index (χ3n) is 3.40. The molecule has 1 fully saturated rings. The van der Waals surface area contributed by atoms with Gasteiger partial charge in [0.05, 0.1) is 26.9 Å². The van der Waals surface area contributed by atoms with Crippen LogP contribution in [0, 0.1) is 0 Å². The van der Waals surface area contributed by atoms with Gasteiger partial charge in [0.1, 0.15) is 17.6 Å². The van der Waals surface area contributed by atoms with E-state index in [9.17, 15) is 4.79 Å². The smallest absolute Gasteiger partial charge is 0.221 e. The van der Waals surface area contributed by atoms with Gasteiger partial charge in [0.15, 0.2) is 0 Å². The van der Waals surface area contributed by atoms with E-state index in [1.807, 2.05) is 31.2 Å². The second-order valence-corrected chi connectivity index (χ2v) is 5.34. The molecule has 0 bridgehead atoms. The second kappa shape index (κ2) is 8.60. The molecule has 1 heterocycles. The molecule has 122 valence electrons. The zero-order chi connectivity index (χ0) is 15.8. The van der Waals surface area contributed by atoms with Crippen LogP contribution in [0.15, 0.2) is 24.3 Å². The van der Waals surface area contributed by atoms with Crippen LogP contribution in [0.1, 0.15) is 13.3 Å². The van der Waals surface area contributed by atoms with Crippen LogP contribution < -0.4 is 20.1 Å². The normalized spacial score (nSPS) is 19.3. The van der Waals surface area contributed by atoms with Crippen molar-refractivity contribution in [3.63, 3.8) is 0 Å². The van der Waals surface area contributed by atoms with Crippen LogP contribution in [0.4, 0.5) is 0 Å². The number of amides is 1. The average molecular weight is 308 g/mol. The molecule has 6 heteroatoms. The molecule has 1 aromatic carbocycles. The van der Waals surface area contributed by atoms with Crippen molar-refractivity contribution in [2.24, 2.45) is 0 Å². The van der Waals surface area contributed by atoms with Crippen molar-refractivity contribution < 1.29 is 19.0 Å². The quantitative estimate of drug-likeness (QED) is 0.785. The summed E-state index contributed by atoms with van der Waals surface area (Å²) in [7, 11) is 1.62. The summed E-state index contributed by atoms with van der Waals surface area (Å²) in [4.78, 5) is 11.9. The average Bonchev–Trinajstić information content (AvgIpc) is 2.54. The SMILES string of the molecule is COc1cccc(OC(C)CNC(=O)CC2COCCN2)c1. The third kappa shape index (κ3) is 5.54. The molecule has 0 aliphatic carbocycles. The first-order valence-electron chi connectivity index (χ1n) is 7.56. The lowest BCUT2D eigenvalue weighted by Gasteiger charge is -2.23. The number of carbonyl (C=O) groups is 1. The Labute approximate surface area is 131 Å². The van der Waals surface area contributed by atoms with Crippen molar-refractivity contribution in [1.29, 1.82) is 0 Å². The largest absolute Gasteiger partial charge is 0.497 e. The summed E-state index contributed by atoms with van der Waals surface area (Å²) in [6.07, 6.45) is 0.304. The number of morpholine rings is 1. The van der Waals surface area contributed by atoms with Crippen molar-refractivity contribution in [2.45, 2.75) is 25.5 Å². The first-order chi connectivity index (χ1) is 10.7. The van der Waals surface area contributed by atoms with Crippen molar-refractivity contribution in [1.82, 2.24) is 10.6 Å². The highest BCUT2D eigenvalue weighted by molar-refractivity contribution is 5.76. The van der Waals surface area contributed by atoms with Gasteiger partial charge in [-0.3, -0.25) is 4.79 Å². The zero-order valence-corrected chi connectivity index (χ0v) is 13.1. The maximum Gasteiger partial charge on any atom is 0.221 e. The van der Waals surface area contributed by atoms with E-state index in [1.165, 1.54) is 0 Å². The van der Waals surface area contributed by atoms with E-state index in [-0.39, 0.29) is 18.1 Å². The van der Waals surface area contributed by atoms with Crippen molar-refractivity contribution >= 4 is 5.91 Å². The van der Waals surface area contributed by atoms with Gasteiger partial charge in [-0.2, -0.15) is 0 Å². The first-order valence-corrected chi connectivity index (χ1v) is 7.56. The van der Waals surface area contributed by atoms with E-state index < -0.39 is 0 Å². The first kappa shape index (κ1) is 16.6. The molecule has 1 aliphatic heterocycles. The lowest BCUT2D eigenvalue weighted by atomic mass is 10.2. The number of carbonyl (C=O) groups excluding carboxylic acids is 1. The van der Waals surface area contributed by atoms with E-state index in [4.69, 9.17) is 14.2 Å². The number of hydrogen-bond acceptors (Lipinski definition) is 5. The standard InChI is InChI=1S/C16H24N2O4/c1-12(22-15-5-3-4-14(9-15)20-2)10-18-16(19)8-13-11-21-7-6-17-13/h3-5,9,12-13,17H,6-8,10-11H2,1-2H3,(H,18,19). The highest BCUT2D eigenvalue weighted by Gasteiger charge is 2.17. The van der Waals surface area contributed by atoms with Crippen LogP contribution in [-0.4, -0.2) is 51.5 Å². The molecule has 1 amide bonds. The van der Waals surface area contributed by atoms with Gasteiger partial charge in [0, 0.05) is 25.1 Å². The molecular weight excluding hydrogens is 284 g/mol. The zero-order valence-electron chi connectivity index (χ0n) is 13.1. The number of benzene rings is 1. The molecular formula is C16H24N2O4. The number of hydrogen-bond donors (Lipinski definition) is 2. The summed E-state index contributed by atoms with van der Waals surface area (Å²) in [6.45, 7) is 4.48. The fraction of sp³-hybridized carbons (Fsp3) is 0.562. The minimum Gasteiger partial charge on any atom is -0.497 e. The van der Waals surface area contributed by atoms with Gasteiger partial charge in [0.25, 0.3) is 0 Å². The van der Waals surface area contributed by atoms with Crippen molar-refractivity contribution in [3.05, 3.63) is 24.3 Å². The summed E-state index contributed by atoms with van der Waals surface area (Å²) in [5.41, 5.74) is 0. The second-order valence-electron chi connectivity index (χ2n) is 5.34. The van der Waals surface area contributed by atoms with Crippen molar-refractivity contribution in [3.8, 4) is 11.5 Å². The Bertz CT molecular complexity index is 475. The van der Waals surface area contributed by atoms with Crippen LogP contribution in [0.3, 0.4) is 0 Å². The topological polar surface area (TPSA) is 68.8 Å². The molecule has 2 N–H and O–H groups in total. The van der Waals surface area contributed by atoms with Crippen LogP contribution in [0.5, 0.6) is 11.5 Å². The number of nitrogens with one attached hydrogen (secondary N) is 2. The van der Waals surface area contributed by atoms with E-state index in [2.05, 4.69) is 10.6 Å². The predicted molar refractivity (Wildman–Crippen MR) is 83.3 cm³/mol. The Hall–Kier alpha value is -1.79. The molecule has 0 radical (unpaired) electrons. The fourth-order valence-corrected chi connectivity index (χ4v) is 2.25. The molecule has 22 heavy (non-hydrogen) atoms. The van der Waals surface area contributed by atoms with Crippen LogP contribution >= 0.6 is 0 Å². The summed E-state index contributed by atoms with van der Waals surface area (Å²) < 4.78 is 16.2. The molecule has 2 atom stereocenters. The maximum absolute atomic E-state index is 11.9. The summed E-state index contributed by atoms with van der Waals surface area (Å²) in [5, 5.41) is 6.15. The van der Waals surface area contributed by atoms with Gasteiger partial charge in [-0.1, -0.05) is 6.07 Å². The minimum absolute atomic E-state index is 0.00379. The van der Waals surface area contributed by atoms with Gasteiger partial charge < -0.3 is 24.8 Å². The molecule has 0 aromatic heterocycles. The molecule has 6 nitrogen and oxygen atoms in total. The Balaban J connectivity index is 1.70. The fourth-order valence-electron chi connectivity index (χ4n) is 2.25. The van der Waals surface area contributed by atoms with E-state index in [1.54, 1.807) is 7.11 Å². The predicted octanol–water partition coefficient (Wildman–Crippen LogP) is 0.957. The lowest BCUT2D eigenvalue weighted by Crippen LogP contribution is -2.45. The van der Waals surface area contributed by atoms with Crippen LogP contribution in [0.2, 0.25) is 0 Å². The van der Waals surface area contributed by atoms with Crippen molar-refractivity contribution in [2.75, 3.05) is 33.4 Å². The monoisotopic (exact) mass is 308 g/mol. The number of rotatable bonds is 7. The van der Waals surface area contributed by atoms with Crippen LogP contribution in [-0.2, 0) is 9.53 Å². The number of ether oxygens (including phenoxy) is 3. The van der Waals surface area contributed by atoms with E-state index >= 15 is 0 Å². The molecule has 0 spiro atoms. The van der Waals surface area contributed by atoms with Gasteiger partial charge in [-0.05, 0) is 19.1 Å². The Morgan fingerprint density at radius 2 is 2.32 bits per heavy atom. The third-order valence-corrected chi connectivity index (χ3v) is 3.40. The minimum atomic E-state index is -0.119. The van der Waals surface area contributed by atoms with Crippen LogP contribution in [0.25, 0.3) is 0 Å². The van der Waals surface area contributed by atoms with Gasteiger partial charge in [-0.15, -0.1) is 0 Å². The van der Waals surface area contributed by atoms with Gasteiger partial charge >= 0.3 is 0 Å². The highest BCUT2D eigenvalue weighted by atomic mass is 16.5.